The highest BCUT2D eigenvalue weighted by atomic mass is 32.3. The molecule has 0 spiro atoms. The molecule has 0 radical (unpaired) electrons. The third kappa shape index (κ3) is 3.03. The van der Waals surface area contributed by atoms with Gasteiger partial charge in [0.2, 0.25) is 0 Å². The average Bonchev–Trinajstić information content (AvgIpc) is 2.61. The van der Waals surface area contributed by atoms with E-state index in [1.165, 1.54) is 24.3 Å². The second-order valence-electron chi connectivity index (χ2n) is 5.24. The predicted octanol–water partition coefficient (Wildman–Crippen LogP) is 4.50. The molecule has 0 fully saturated rings. The summed E-state index contributed by atoms with van der Waals surface area (Å²) in [7, 11) is -9.59. The molecule has 1 N–H and O–H groups in total. The summed E-state index contributed by atoms with van der Waals surface area (Å²) in [6.07, 6.45) is 1.32. The van der Waals surface area contributed by atoms with Crippen LogP contribution in [0.15, 0.2) is 34.1 Å². The molecule has 124 valence electrons. The van der Waals surface area contributed by atoms with Crippen LogP contribution in [0, 0.1) is 5.92 Å². The van der Waals surface area contributed by atoms with Crippen molar-refractivity contribution in [1.29, 1.82) is 0 Å². The first kappa shape index (κ1) is 17.3. The molecule has 1 atom stereocenters. The van der Waals surface area contributed by atoms with Gasteiger partial charge < -0.3 is 0 Å². The number of hydrogen-bond acceptors (Lipinski definition) is 3. The number of allylic oxidation sites excluding steroid dienone is 1. The van der Waals surface area contributed by atoms with Crippen LogP contribution in [0.2, 0.25) is 0 Å². The van der Waals surface area contributed by atoms with E-state index in [-0.39, 0.29) is 27.7 Å². The summed E-state index contributed by atoms with van der Waals surface area (Å²) in [5, 5.41) is 0. The molecule has 2 rings (SSSR count). The van der Waals surface area contributed by atoms with Crippen molar-refractivity contribution in [2.24, 2.45) is 5.92 Å². The lowest BCUT2D eigenvalue weighted by atomic mass is 10.1. The normalized spacial score (nSPS) is 24.8. The Morgan fingerprint density at radius 2 is 1.86 bits per heavy atom. The Kier molecular flexibility index (Phi) is 4.37. The van der Waals surface area contributed by atoms with Crippen LogP contribution in [0.3, 0.4) is 0 Å². The lowest BCUT2D eigenvalue weighted by molar-refractivity contribution is -0.0432. The minimum atomic E-state index is -5.28. The van der Waals surface area contributed by atoms with Crippen molar-refractivity contribution in [1.82, 2.24) is 0 Å². The van der Waals surface area contributed by atoms with Gasteiger partial charge in [-0.1, -0.05) is 32.0 Å². The van der Waals surface area contributed by atoms with E-state index in [0.717, 1.165) is 0 Å². The molecule has 0 aliphatic carbocycles. The van der Waals surface area contributed by atoms with Gasteiger partial charge in [0.05, 0.1) is 0 Å². The summed E-state index contributed by atoms with van der Waals surface area (Å²) in [5.74, 6) is -0.139. The first-order chi connectivity index (χ1) is 9.97. The lowest BCUT2D eigenvalue weighted by Gasteiger charge is -2.38. The van der Waals surface area contributed by atoms with Gasteiger partial charge in [-0.3, -0.25) is 4.55 Å². The maximum absolute atomic E-state index is 13.8. The molecule has 0 saturated heterocycles. The van der Waals surface area contributed by atoms with Gasteiger partial charge in [0.25, 0.3) is 0 Å². The molecule has 1 aromatic rings. The zero-order chi connectivity index (χ0) is 16.8. The standard InChI is InChI=1S/C13H15F3O4S2/c1-9(2)7-11-8-10-5-3-4-6-12(10)21(11,13(14,15)16)20-22(17,18)19/h3-6,8-9H,7H2,1-2H3,(H,17,18,19). The van der Waals surface area contributed by atoms with Crippen LogP contribution < -0.4 is 0 Å². The van der Waals surface area contributed by atoms with Gasteiger partial charge in [0.1, 0.15) is 0 Å². The van der Waals surface area contributed by atoms with E-state index in [0.29, 0.717) is 0 Å². The molecule has 0 amide bonds. The highest BCUT2D eigenvalue weighted by Gasteiger charge is 2.60. The Bertz CT molecular complexity index is 710. The van der Waals surface area contributed by atoms with Crippen LogP contribution in [0.5, 0.6) is 0 Å². The topological polar surface area (TPSA) is 63.6 Å². The van der Waals surface area contributed by atoms with Gasteiger partial charge in [-0.05, 0) is 30.0 Å². The van der Waals surface area contributed by atoms with Crippen molar-refractivity contribution in [3.05, 3.63) is 34.7 Å². The zero-order valence-corrected chi connectivity index (χ0v) is 13.4. The van der Waals surface area contributed by atoms with E-state index in [2.05, 4.69) is 3.63 Å². The van der Waals surface area contributed by atoms with E-state index in [1.54, 1.807) is 19.9 Å². The van der Waals surface area contributed by atoms with Crippen LogP contribution >= 0.6 is 10.3 Å². The predicted molar refractivity (Wildman–Crippen MR) is 78.4 cm³/mol. The van der Waals surface area contributed by atoms with Crippen molar-refractivity contribution in [2.75, 3.05) is 0 Å². The van der Waals surface area contributed by atoms with Crippen LogP contribution in [0.25, 0.3) is 6.08 Å². The number of alkyl halides is 3. The van der Waals surface area contributed by atoms with E-state index in [1.807, 2.05) is 0 Å². The smallest absolute Gasteiger partial charge is 0.263 e. The number of halogens is 3. The van der Waals surface area contributed by atoms with Crippen LogP contribution in [-0.4, -0.2) is 18.5 Å². The summed E-state index contributed by atoms with van der Waals surface area (Å²) < 4.78 is 76.9. The summed E-state index contributed by atoms with van der Waals surface area (Å²) in [5.41, 5.74) is -4.70. The van der Waals surface area contributed by atoms with Crippen molar-refractivity contribution >= 4 is 26.8 Å². The molecule has 1 aliphatic rings. The Labute approximate surface area is 128 Å². The number of hydrogen-bond donors (Lipinski definition) is 1. The largest absolute Gasteiger partial charge is 0.456 e. The van der Waals surface area contributed by atoms with Gasteiger partial charge in [0, 0.05) is 20.1 Å². The summed E-state index contributed by atoms with van der Waals surface area (Å²) >= 11 is 0. The van der Waals surface area contributed by atoms with Crippen molar-refractivity contribution in [2.45, 2.75) is 30.7 Å². The van der Waals surface area contributed by atoms with E-state index in [9.17, 15) is 21.6 Å². The monoisotopic (exact) mass is 356 g/mol. The highest BCUT2D eigenvalue weighted by molar-refractivity contribution is 8.36. The average molecular weight is 356 g/mol. The number of fused-ring (bicyclic) bond motifs is 1. The third-order valence-corrected chi connectivity index (χ3v) is 7.21. The summed E-state index contributed by atoms with van der Waals surface area (Å²) in [6, 6.07) is 5.59. The minimum absolute atomic E-state index is 0.0129. The van der Waals surface area contributed by atoms with Crippen LogP contribution in [0.4, 0.5) is 13.2 Å². The van der Waals surface area contributed by atoms with Gasteiger partial charge >= 0.3 is 15.9 Å². The molecule has 0 aromatic heterocycles. The minimum Gasteiger partial charge on any atom is -0.263 e. The van der Waals surface area contributed by atoms with Crippen LogP contribution in [0.1, 0.15) is 25.8 Å². The van der Waals surface area contributed by atoms with Gasteiger partial charge in [-0.2, -0.15) is 25.2 Å². The van der Waals surface area contributed by atoms with E-state index in [4.69, 9.17) is 4.55 Å². The SMILES string of the molecule is CC(C)CC1=Cc2ccccc2S1(OS(=O)(=O)O)C(F)(F)F. The third-order valence-electron chi connectivity index (χ3n) is 3.04. The first-order valence-electron chi connectivity index (χ1n) is 6.35. The molecule has 9 heteroatoms. The number of benzene rings is 1. The lowest BCUT2D eigenvalue weighted by Crippen LogP contribution is -2.26. The molecule has 22 heavy (non-hydrogen) atoms. The fraction of sp³-hybridized carbons (Fsp3) is 0.385. The Balaban J connectivity index is 2.73. The second-order valence-corrected chi connectivity index (χ2v) is 9.18. The molecule has 1 aromatic carbocycles. The summed E-state index contributed by atoms with van der Waals surface area (Å²) in [4.78, 5) is -0.412. The maximum Gasteiger partial charge on any atom is 0.456 e. The molecular weight excluding hydrogens is 341 g/mol. The molecule has 1 aliphatic heterocycles. The molecule has 4 nitrogen and oxygen atoms in total. The molecule has 1 heterocycles. The molecule has 0 bridgehead atoms. The fourth-order valence-electron chi connectivity index (χ4n) is 2.36. The van der Waals surface area contributed by atoms with Gasteiger partial charge in [-0.25, -0.2) is 0 Å². The summed E-state index contributed by atoms with van der Waals surface area (Å²) in [6.45, 7) is 3.44. The Morgan fingerprint density at radius 1 is 1.27 bits per heavy atom. The Hall–Kier alpha value is -1.03. The maximum atomic E-state index is 13.8. The van der Waals surface area contributed by atoms with Gasteiger partial charge in [0.15, 0.2) is 0 Å². The van der Waals surface area contributed by atoms with Crippen molar-refractivity contribution in [3.8, 4) is 0 Å². The van der Waals surface area contributed by atoms with E-state index >= 15 is 0 Å². The first-order valence-corrected chi connectivity index (χ1v) is 9.27. The zero-order valence-electron chi connectivity index (χ0n) is 11.8. The molecule has 0 saturated carbocycles. The number of rotatable bonds is 4. The second kappa shape index (κ2) is 5.55. The molecular formula is C13H15F3O4S2. The Morgan fingerprint density at radius 3 is 2.36 bits per heavy atom. The van der Waals surface area contributed by atoms with Crippen LogP contribution in [-0.2, 0) is 14.0 Å². The van der Waals surface area contributed by atoms with E-state index < -0.39 is 26.2 Å². The van der Waals surface area contributed by atoms with Gasteiger partial charge in [-0.15, -0.1) is 0 Å². The highest BCUT2D eigenvalue weighted by Crippen LogP contribution is 2.78. The van der Waals surface area contributed by atoms with Crippen molar-refractivity contribution in [3.63, 3.8) is 0 Å². The van der Waals surface area contributed by atoms with Crippen molar-refractivity contribution < 1.29 is 29.8 Å². The quantitative estimate of drug-likeness (QED) is 0.807. The fourth-order valence-corrected chi connectivity index (χ4v) is 6.76. The molecule has 1 unspecified atom stereocenters.